The van der Waals surface area contributed by atoms with Crippen LogP contribution in [0.1, 0.15) is 20.8 Å². The Kier molecular flexibility index (Phi) is 4.29. The molecule has 23 heavy (non-hydrogen) atoms. The Morgan fingerprint density at radius 2 is 2.00 bits per heavy atom. The van der Waals surface area contributed by atoms with Crippen molar-refractivity contribution >= 4 is 34.2 Å². The number of urea groups is 1. The highest BCUT2D eigenvalue weighted by Crippen LogP contribution is 2.17. The molecule has 0 radical (unpaired) electrons. The minimum absolute atomic E-state index is 0.370. The lowest BCUT2D eigenvalue weighted by molar-refractivity contribution is 0.0938. The number of aryl methyl sites for hydroxylation is 1. The van der Waals surface area contributed by atoms with Gasteiger partial charge < -0.3 is 10.3 Å². The lowest BCUT2D eigenvalue weighted by Gasteiger charge is -2.08. The van der Waals surface area contributed by atoms with Gasteiger partial charge in [-0.1, -0.05) is 18.2 Å². The van der Waals surface area contributed by atoms with Crippen molar-refractivity contribution in [1.82, 2.24) is 21.2 Å². The number of aromatic nitrogens is 1. The van der Waals surface area contributed by atoms with E-state index >= 15 is 0 Å². The highest BCUT2D eigenvalue weighted by atomic mass is 32.1. The normalized spacial score (nSPS) is 10.5. The number of hydrogen-bond donors (Lipinski definition) is 4. The van der Waals surface area contributed by atoms with Crippen molar-refractivity contribution in [2.75, 3.05) is 0 Å². The van der Waals surface area contributed by atoms with Crippen LogP contribution in [0.15, 0.2) is 41.9 Å². The molecule has 0 bridgehead atoms. The predicted molar refractivity (Wildman–Crippen MR) is 90.2 cm³/mol. The van der Waals surface area contributed by atoms with Crippen molar-refractivity contribution in [2.24, 2.45) is 0 Å². The smallest absolute Gasteiger partial charge is 0.333 e. The van der Waals surface area contributed by atoms with Gasteiger partial charge in [-0.2, -0.15) is 0 Å². The van der Waals surface area contributed by atoms with Gasteiger partial charge in [-0.15, -0.1) is 11.3 Å². The van der Waals surface area contributed by atoms with Gasteiger partial charge in [-0.05, 0) is 30.0 Å². The van der Waals surface area contributed by atoms with Crippen molar-refractivity contribution in [2.45, 2.75) is 13.5 Å². The second kappa shape index (κ2) is 6.53. The standard InChI is InChI=1S/C16H16N4O2S/c1-10-6-7-23-14(10)9-18-16(22)20-19-15(21)12-8-17-13-5-3-2-4-11(12)13/h2-8,17H,9H2,1H3,(H,19,21)(H2,18,20,22). The average molecular weight is 328 g/mol. The van der Waals surface area contributed by atoms with E-state index in [0.717, 1.165) is 21.3 Å². The number of rotatable bonds is 3. The van der Waals surface area contributed by atoms with Crippen molar-refractivity contribution in [3.05, 3.63) is 57.9 Å². The summed E-state index contributed by atoms with van der Waals surface area (Å²) in [6, 6.07) is 9.02. The molecule has 0 spiro atoms. The summed E-state index contributed by atoms with van der Waals surface area (Å²) in [5, 5.41) is 5.48. The van der Waals surface area contributed by atoms with Gasteiger partial charge >= 0.3 is 6.03 Å². The largest absolute Gasteiger partial charge is 0.360 e. The zero-order valence-corrected chi connectivity index (χ0v) is 13.3. The summed E-state index contributed by atoms with van der Waals surface area (Å²) in [4.78, 5) is 28.0. The van der Waals surface area contributed by atoms with Crippen molar-refractivity contribution in [3.8, 4) is 0 Å². The highest BCUT2D eigenvalue weighted by molar-refractivity contribution is 7.10. The second-order valence-corrected chi connectivity index (χ2v) is 6.04. The van der Waals surface area contributed by atoms with Crippen LogP contribution in [0.2, 0.25) is 0 Å². The fourth-order valence-electron chi connectivity index (χ4n) is 2.23. The van der Waals surface area contributed by atoms with E-state index in [1.807, 2.05) is 42.6 Å². The van der Waals surface area contributed by atoms with E-state index in [2.05, 4.69) is 21.2 Å². The first-order valence-electron chi connectivity index (χ1n) is 7.08. The Balaban J connectivity index is 1.54. The number of amides is 3. The fourth-order valence-corrected chi connectivity index (χ4v) is 3.08. The summed E-state index contributed by atoms with van der Waals surface area (Å²) in [6.07, 6.45) is 1.62. The van der Waals surface area contributed by atoms with E-state index in [4.69, 9.17) is 0 Å². The molecule has 0 aliphatic heterocycles. The highest BCUT2D eigenvalue weighted by Gasteiger charge is 2.12. The number of aromatic amines is 1. The molecule has 3 amide bonds. The summed E-state index contributed by atoms with van der Waals surface area (Å²) in [7, 11) is 0. The van der Waals surface area contributed by atoms with Crippen LogP contribution in [-0.2, 0) is 6.54 Å². The van der Waals surface area contributed by atoms with Crippen LogP contribution >= 0.6 is 11.3 Å². The Morgan fingerprint density at radius 3 is 2.78 bits per heavy atom. The third kappa shape index (κ3) is 3.35. The van der Waals surface area contributed by atoms with Crippen LogP contribution in [0.25, 0.3) is 10.9 Å². The number of para-hydroxylation sites is 1. The SMILES string of the molecule is Cc1ccsc1CNC(=O)NNC(=O)c1c[nH]c2ccccc12. The molecule has 0 unspecified atom stereocenters. The molecule has 0 fully saturated rings. The van der Waals surface area contributed by atoms with Crippen LogP contribution in [-0.4, -0.2) is 16.9 Å². The van der Waals surface area contributed by atoms with Gasteiger partial charge in [0.2, 0.25) is 0 Å². The lowest BCUT2D eigenvalue weighted by atomic mass is 10.2. The summed E-state index contributed by atoms with van der Waals surface area (Å²) >= 11 is 1.58. The molecule has 2 heterocycles. The van der Waals surface area contributed by atoms with Gasteiger partial charge in [0.05, 0.1) is 12.1 Å². The van der Waals surface area contributed by atoms with Crippen LogP contribution < -0.4 is 16.2 Å². The van der Waals surface area contributed by atoms with E-state index in [1.54, 1.807) is 17.5 Å². The number of nitrogens with one attached hydrogen (secondary N) is 4. The zero-order valence-electron chi connectivity index (χ0n) is 12.5. The van der Waals surface area contributed by atoms with Gasteiger partial charge in [0.25, 0.3) is 5.91 Å². The topological polar surface area (TPSA) is 86.0 Å². The minimum Gasteiger partial charge on any atom is -0.360 e. The number of H-pyrrole nitrogens is 1. The third-order valence-corrected chi connectivity index (χ3v) is 4.52. The number of carbonyl (C=O) groups is 2. The zero-order chi connectivity index (χ0) is 16.2. The predicted octanol–water partition coefficient (Wildman–Crippen LogP) is 2.68. The summed E-state index contributed by atoms with van der Waals surface area (Å²) < 4.78 is 0. The van der Waals surface area contributed by atoms with Gasteiger partial charge in [0.1, 0.15) is 0 Å². The molecule has 0 aliphatic rings. The van der Waals surface area contributed by atoms with Crippen molar-refractivity contribution < 1.29 is 9.59 Å². The number of hydrazine groups is 1. The van der Waals surface area contributed by atoms with E-state index in [1.165, 1.54) is 0 Å². The molecule has 6 nitrogen and oxygen atoms in total. The number of hydrogen-bond acceptors (Lipinski definition) is 3. The Hall–Kier alpha value is -2.80. The van der Waals surface area contributed by atoms with Crippen LogP contribution in [0.4, 0.5) is 4.79 Å². The molecule has 0 atom stereocenters. The molecule has 1 aromatic carbocycles. The summed E-state index contributed by atoms with van der Waals surface area (Å²) in [6.45, 7) is 2.42. The summed E-state index contributed by atoms with van der Waals surface area (Å²) in [5.41, 5.74) is 7.25. The van der Waals surface area contributed by atoms with Gasteiger partial charge in [-0.25, -0.2) is 10.2 Å². The molecule has 0 saturated heterocycles. The van der Waals surface area contributed by atoms with Gasteiger partial charge in [0.15, 0.2) is 0 Å². The van der Waals surface area contributed by atoms with Crippen molar-refractivity contribution in [1.29, 1.82) is 0 Å². The maximum atomic E-state index is 12.1. The molecule has 118 valence electrons. The Bertz CT molecular complexity index is 853. The number of thiophene rings is 1. The van der Waals surface area contributed by atoms with E-state index < -0.39 is 6.03 Å². The monoisotopic (exact) mass is 328 g/mol. The quantitative estimate of drug-likeness (QED) is 0.557. The van der Waals surface area contributed by atoms with E-state index in [9.17, 15) is 9.59 Å². The van der Waals surface area contributed by atoms with Crippen LogP contribution in [0.5, 0.6) is 0 Å². The Morgan fingerprint density at radius 1 is 1.17 bits per heavy atom. The summed E-state index contributed by atoms with van der Waals surface area (Å²) in [5.74, 6) is -0.370. The number of benzene rings is 1. The first kappa shape index (κ1) is 15.1. The maximum absolute atomic E-state index is 12.1. The van der Waals surface area contributed by atoms with Crippen molar-refractivity contribution in [3.63, 3.8) is 0 Å². The average Bonchev–Trinajstić information content (AvgIpc) is 3.16. The minimum atomic E-state index is -0.453. The molecule has 3 rings (SSSR count). The van der Waals surface area contributed by atoms with Crippen LogP contribution in [0.3, 0.4) is 0 Å². The van der Waals surface area contributed by atoms with E-state index in [-0.39, 0.29) is 5.91 Å². The van der Waals surface area contributed by atoms with Gasteiger partial charge in [0, 0.05) is 22.0 Å². The first-order chi connectivity index (χ1) is 11.1. The molecular weight excluding hydrogens is 312 g/mol. The molecule has 3 aromatic rings. The number of carbonyl (C=O) groups excluding carboxylic acids is 2. The molecular formula is C16H16N4O2S. The van der Waals surface area contributed by atoms with E-state index in [0.29, 0.717) is 12.1 Å². The lowest BCUT2D eigenvalue weighted by Crippen LogP contribution is -2.46. The molecule has 2 aromatic heterocycles. The molecule has 7 heteroatoms. The fraction of sp³-hybridized carbons (Fsp3) is 0.125. The third-order valence-electron chi connectivity index (χ3n) is 3.50. The maximum Gasteiger partial charge on any atom is 0.333 e. The van der Waals surface area contributed by atoms with Crippen LogP contribution in [0, 0.1) is 6.92 Å². The van der Waals surface area contributed by atoms with Gasteiger partial charge in [-0.3, -0.25) is 10.2 Å². The molecule has 0 saturated carbocycles. The molecule has 4 N–H and O–H groups in total. The Labute approximate surface area is 136 Å². The first-order valence-corrected chi connectivity index (χ1v) is 7.96. The molecule has 0 aliphatic carbocycles. The second-order valence-electron chi connectivity index (χ2n) is 5.04. The number of fused-ring (bicyclic) bond motifs is 1.